The van der Waals surface area contributed by atoms with Crippen molar-refractivity contribution in [1.82, 2.24) is 5.32 Å². The number of anilines is 1. The maximum absolute atomic E-state index is 12.9. The van der Waals surface area contributed by atoms with E-state index in [0.29, 0.717) is 5.56 Å². The molecule has 1 aliphatic rings. The van der Waals surface area contributed by atoms with Crippen LogP contribution in [-0.2, 0) is 16.1 Å². The van der Waals surface area contributed by atoms with Crippen molar-refractivity contribution in [3.8, 4) is 0 Å². The summed E-state index contributed by atoms with van der Waals surface area (Å²) in [4.78, 5) is 50.2. The van der Waals surface area contributed by atoms with Crippen LogP contribution in [-0.4, -0.2) is 23.4 Å². The van der Waals surface area contributed by atoms with Gasteiger partial charge in [-0.15, -0.1) is 0 Å². The molecule has 0 unspecified atom stereocenters. The highest BCUT2D eigenvalue weighted by Crippen LogP contribution is 2.31. The molecule has 29 heavy (non-hydrogen) atoms. The predicted octanol–water partition coefficient (Wildman–Crippen LogP) is 2.72. The summed E-state index contributed by atoms with van der Waals surface area (Å²) >= 11 is 0. The standard InChI is InChI=1S/C23H16N2O4/c26-20-15-9-4-5-10-16(15)21(27)19-17(20)11-6-12-18(19)25-23(29)22(28)24-13-14-7-2-1-3-8-14/h1-12H,13H2,(H,24,28)(H,25,29). The van der Waals surface area contributed by atoms with E-state index in [4.69, 9.17) is 0 Å². The van der Waals surface area contributed by atoms with Crippen LogP contribution in [0.25, 0.3) is 0 Å². The molecule has 4 rings (SSSR count). The van der Waals surface area contributed by atoms with E-state index in [-0.39, 0.29) is 40.5 Å². The average molecular weight is 384 g/mol. The number of benzene rings is 3. The van der Waals surface area contributed by atoms with Gasteiger partial charge in [-0.05, 0) is 11.6 Å². The SMILES string of the molecule is O=C(NCc1ccccc1)C(=O)Nc1cccc2c1C(=O)c1ccccc1C2=O. The van der Waals surface area contributed by atoms with Crippen molar-refractivity contribution < 1.29 is 19.2 Å². The molecule has 3 aromatic carbocycles. The van der Waals surface area contributed by atoms with E-state index < -0.39 is 11.8 Å². The molecular weight excluding hydrogens is 368 g/mol. The Hall–Kier alpha value is -4.06. The van der Waals surface area contributed by atoms with Crippen LogP contribution in [0.2, 0.25) is 0 Å². The number of amides is 2. The highest BCUT2D eigenvalue weighted by molar-refractivity contribution is 6.40. The van der Waals surface area contributed by atoms with E-state index in [1.807, 2.05) is 30.3 Å². The van der Waals surface area contributed by atoms with Gasteiger partial charge in [-0.1, -0.05) is 66.7 Å². The third kappa shape index (κ3) is 3.43. The fourth-order valence-corrected chi connectivity index (χ4v) is 3.29. The molecule has 0 spiro atoms. The Morgan fingerprint density at radius 2 is 1.28 bits per heavy atom. The Morgan fingerprint density at radius 1 is 0.655 bits per heavy atom. The van der Waals surface area contributed by atoms with Crippen molar-refractivity contribution in [1.29, 1.82) is 0 Å². The zero-order chi connectivity index (χ0) is 20.4. The highest BCUT2D eigenvalue weighted by Gasteiger charge is 2.32. The lowest BCUT2D eigenvalue weighted by molar-refractivity contribution is -0.136. The van der Waals surface area contributed by atoms with Gasteiger partial charge in [0.15, 0.2) is 11.6 Å². The third-order valence-electron chi connectivity index (χ3n) is 4.70. The minimum absolute atomic E-state index is 0.0976. The van der Waals surface area contributed by atoms with E-state index >= 15 is 0 Å². The van der Waals surface area contributed by atoms with E-state index in [1.165, 1.54) is 12.1 Å². The van der Waals surface area contributed by atoms with Crippen LogP contribution in [0.15, 0.2) is 72.8 Å². The number of hydrogen-bond donors (Lipinski definition) is 2. The van der Waals surface area contributed by atoms with Gasteiger partial charge < -0.3 is 10.6 Å². The molecule has 6 nitrogen and oxygen atoms in total. The first-order chi connectivity index (χ1) is 14.1. The average Bonchev–Trinajstić information content (AvgIpc) is 2.76. The summed E-state index contributed by atoms with van der Waals surface area (Å²) in [5, 5.41) is 5.00. The fraction of sp³-hybridized carbons (Fsp3) is 0.0435. The van der Waals surface area contributed by atoms with Gasteiger partial charge in [0.25, 0.3) is 0 Å². The molecule has 0 atom stereocenters. The quantitative estimate of drug-likeness (QED) is 0.531. The summed E-state index contributed by atoms with van der Waals surface area (Å²) in [5.74, 6) is -2.40. The van der Waals surface area contributed by atoms with Gasteiger partial charge in [0.2, 0.25) is 0 Å². The Bertz CT molecular complexity index is 1150. The van der Waals surface area contributed by atoms with E-state index in [1.54, 1.807) is 30.3 Å². The predicted molar refractivity (Wildman–Crippen MR) is 107 cm³/mol. The smallest absolute Gasteiger partial charge is 0.313 e. The number of fused-ring (bicyclic) bond motifs is 2. The zero-order valence-electron chi connectivity index (χ0n) is 15.3. The molecular formula is C23H16N2O4. The molecule has 0 saturated carbocycles. The number of rotatable bonds is 3. The molecule has 2 N–H and O–H groups in total. The van der Waals surface area contributed by atoms with Crippen LogP contribution in [0.3, 0.4) is 0 Å². The summed E-state index contributed by atoms with van der Waals surface area (Å²) in [5.41, 5.74) is 1.89. The lowest BCUT2D eigenvalue weighted by atomic mass is 9.83. The number of carbonyl (C=O) groups is 4. The largest absolute Gasteiger partial charge is 0.344 e. The van der Waals surface area contributed by atoms with Crippen molar-refractivity contribution in [3.63, 3.8) is 0 Å². The van der Waals surface area contributed by atoms with Gasteiger partial charge in [0.1, 0.15) is 0 Å². The van der Waals surface area contributed by atoms with Crippen molar-refractivity contribution >= 4 is 29.1 Å². The first-order valence-electron chi connectivity index (χ1n) is 9.01. The second-order valence-corrected chi connectivity index (χ2v) is 6.55. The molecule has 0 radical (unpaired) electrons. The molecule has 0 bridgehead atoms. The molecule has 6 heteroatoms. The zero-order valence-corrected chi connectivity index (χ0v) is 15.3. The monoisotopic (exact) mass is 384 g/mol. The maximum Gasteiger partial charge on any atom is 0.313 e. The topological polar surface area (TPSA) is 92.3 Å². The number of ketones is 2. The first kappa shape index (κ1) is 18.3. The molecule has 142 valence electrons. The first-order valence-corrected chi connectivity index (χ1v) is 9.01. The molecule has 3 aromatic rings. The van der Waals surface area contributed by atoms with E-state index in [9.17, 15) is 19.2 Å². The van der Waals surface area contributed by atoms with Crippen LogP contribution >= 0.6 is 0 Å². The molecule has 0 heterocycles. The van der Waals surface area contributed by atoms with Crippen LogP contribution in [0.1, 0.15) is 37.4 Å². The molecule has 1 aliphatic carbocycles. The highest BCUT2D eigenvalue weighted by atomic mass is 16.2. The maximum atomic E-state index is 12.9. The molecule has 0 aromatic heterocycles. The normalized spacial score (nSPS) is 12.0. The Labute approximate surface area is 166 Å². The minimum Gasteiger partial charge on any atom is -0.344 e. The summed E-state index contributed by atoms with van der Waals surface area (Å²) < 4.78 is 0. The van der Waals surface area contributed by atoms with Crippen LogP contribution in [0.5, 0.6) is 0 Å². The Balaban J connectivity index is 1.56. The van der Waals surface area contributed by atoms with Crippen molar-refractivity contribution in [3.05, 3.63) is 101 Å². The third-order valence-corrected chi connectivity index (χ3v) is 4.70. The molecule has 0 saturated heterocycles. The summed E-state index contributed by atoms with van der Waals surface area (Å²) in [6.07, 6.45) is 0. The van der Waals surface area contributed by atoms with Gasteiger partial charge >= 0.3 is 11.8 Å². The van der Waals surface area contributed by atoms with Gasteiger partial charge in [0.05, 0.1) is 11.3 Å². The second-order valence-electron chi connectivity index (χ2n) is 6.55. The van der Waals surface area contributed by atoms with Crippen LogP contribution < -0.4 is 10.6 Å². The number of nitrogens with one attached hydrogen (secondary N) is 2. The summed E-state index contributed by atoms with van der Waals surface area (Å²) in [7, 11) is 0. The van der Waals surface area contributed by atoms with Crippen molar-refractivity contribution in [2.24, 2.45) is 0 Å². The van der Waals surface area contributed by atoms with Crippen LogP contribution in [0.4, 0.5) is 5.69 Å². The van der Waals surface area contributed by atoms with Crippen molar-refractivity contribution in [2.75, 3.05) is 5.32 Å². The minimum atomic E-state index is -0.909. The molecule has 0 fully saturated rings. The van der Waals surface area contributed by atoms with Gasteiger partial charge in [-0.3, -0.25) is 19.2 Å². The Kier molecular flexibility index (Phi) is 4.75. The number of hydrogen-bond acceptors (Lipinski definition) is 4. The summed E-state index contributed by atoms with van der Waals surface area (Å²) in [6, 6.07) is 20.3. The van der Waals surface area contributed by atoms with Gasteiger partial charge in [-0.2, -0.15) is 0 Å². The lowest BCUT2D eigenvalue weighted by Gasteiger charge is -2.20. The van der Waals surface area contributed by atoms with Crippen LogP contribution in [0, 0.1) is 0 Å². The molecule has 0 aliphatic heterocycles. The summed E-state index contributed by atoms with van der Waals surface area (Å²) in [6.45, 7) is 0.199. The van der Waals surface area contributed by atoms with Gasteiger partial charge in [0, 0.05) is 23.2 Å². The molecule has 2 amide bonds. The fourth-order valence-electron chi connectivity index (χ4n) is 3.29. The van der Waals surface area contributed by atoms with E-state index in [2.05, 4.69) is 10.6 Å². The second kappa shape index (κ2) is 7.52. The van der Waals surface area contributed by atoms with Gasteiger partial charge in [-0.25, -0.2) is 0 Å². The Morgan fingerprint density at radius 3 is 2.00 bits per heavy atom. The lowest BCUT2D eigenvalue weighted by Crippen LogP contribution is -2.35. The van der Waals surface area contributed by atoms with E-state index in [0.717, 1.165) is 5.56 Å². The van der Waals surface area contributed by atoms with Crippen molar-refractivity contribution in [2.45, 2.75) is 6.54 Å². The number of carbonyl (C=O) groups excluding carboxylic acids is 4.